The molecule has 1 fully saturated rings. The van der Waals surface area contributed by atoms with Gasteiger partial charge in [0.15, 0.2) is 0 Å². The lowest BCUT2D eigenvalue weighted by molar-refractivity contribution is -0.384. The van der Waals surface area contributed by atoms with Gasteiger partial charge in [-0.25, -0.2) is 0 Å². The Labute approximate surface area is 111 Å². The molecule has 1 saturated heterocycles. The van der Waals surface area contributed by atoms with Crippen molar-refractivity contribution in [2.75, 3.05) is 31.5 Å². The topological polar surface area (TPSA) is 82.2 Å². The molecule has 0 radical (unpaired) electrons. The quantitative estimate of drug-likeness (QED) is 0.646. The summed E-state index contributed by atoms with van der Waals surface area (Å²) >= 11 is 0. The van der Waals surface area contributed by atoms with Crippen LogP contribution >= 0.6 is 0 Å². The second kappa shape index (κ2) is 6.16. The van der Waals surface area contributed by atoms with E-state index in [1.54, 1.807) is 0 Å². The van der Waals surface area contributed by atoms with E-state index < -0.39 is 4.92 Å². The Morgan fingerprint density at radius 1 is 1.42 bits per heavy atom. The molecule has 0 aromatic heterocycles. The molecule has 1 aliphatic rings. The molecule has 19 heavy (non-hydrogen) atoms. The van der Waals surface area contributed by atoms with Crippen LogP contribution in [0.2, 0.25) is 0 Å². The van der Waals surface area contributed by atoms with Crippen LogP contribution in [0.25, 0.3) is 0 Å². The Hall–Kier alpha value is -2.13. The first-order valence-electron chi connectivity index (χ1n) is 6.35. The number of benzene rings is 1. The van der Waals surface area contributed by atoms with Gasteiger partial charge in [-0.15, -0.1) is 0 Å². The molecule has 1 aromatic rings. The van der Waals surface area contributed by atoms with Crippen molar-refractivity contribution in [2.24, 2.45) is 0 Å². The van der Waals surface area contributed by atoms with Crippen LogP contribution in [0.5, 0.6) is 0 Å². The van der Waals surface area contributed by atoms with Gasteiger partial charge in [-0.1, -0.05) is 0 Å². The molecule has 100 valence electrons. The van der Waals surface area contributed by atoms with Gasteiger partial charge >= 0.3 is 0 Å². The Balaban J connectivity index is 2.00. The summed E-state index contributed by atoms with van der Waals surface area (Å²) in [5.74, 6) is 0. The summed E-state index contributed by atoms with van der Waals surface area (Å²) in [5.41, 5.74) is 0.859. The summed E-state index contributed by atoms with van der Waals surface area (Å²) in [6.45, 7) is 3.72. The van der Waals surface area contributed by atoms with Crippen molar-refractivity contribution in [3.05, 3.63) is 33.9 Å². The normalized spacial score (nSPS) is 15.1. The number of hydrogen-bond acceptors (Lipinski definition) is 5. The number of nitrogens with one attached hydrogen (secondary N) is 1. The first-order valence-corrected chi connectivity index (χ1v) is 6.35. The number of nitriles is 1. The van der Waals surface area contributed by atoms with Crippen LogP contribution < -0.4 is 5.32 Å². The van der Waals surface area contributed by atoms with E-state index in [-0.39, 0.29) is 5.69 Å². The molecule has 1 aliphatic heterocycles. The lowest BCUT2D eigenvalue weighted by Crippen LogP contribution is -2.26. The van der Waals surface area contributed by atoms with Crippen LogP contribution in [0.4, 0.5) is 11.4 Å². The van der Waals surface area contributed by atoms with E-state index in [0.29, 0.717) is 17.8 Å². The van der Waals surface area contributed by atoms with Gasteiger partial charge in [-0.2, -0.15) is 5.26 Å². The standard InChI is InChI=1S/C13H16N4O2/c14-10-11-3-4-13(17(18)19)12(9-11)15-5-8-16-6-1-2-7-16/h3-4,9,15H,1-2,5-8H2. The van der Waals surface area contributed by atoms with Crippen molar-refractivity contribution in [2.45, 2.75) is 12.8 Å². The number of likely N-dealkylation sites (tertiary alicyclic amines) is 1. The zero-order valence-electron chi connectivity index (χ0n) is 10.6. The van der Waals surface area contributed by atoms with Gasteiger partial charge < -0.3 is 10.2 Å². The van der Waals surface area contributed by atoms with E-state index in [0.717, 1.165) is 19.6 Å². The minimum absolute atomic E-state index is 0.0143. The maximum absolute atomic E-state index is 10.9. The minimum Gasteiger partial charge on any atom is -0.378 e. The molecule has 0 spiro atoms. The molecule has 2 rings (SSSR count). The number of nitro benzene ring substituents is 1. The summed E-state index contributed by atoms with van der Waals surface area (Å²) in [5, 5.41) is 22.8. The first kappa shape index (κ1) is 13.3. The van der Waals surface area contributed by atoms with E-state index in [1.807, 2.05) is 6.07 Å². The molecule has 6 heteroatoms. The van der Waals surface area contributed by atoms with Crippen molar-refractivity contribution in [3.8, 4) is 6.07 Å². The largest absolute Gasteiger partial charge is 0.378 e. The van der Waals surface area contributed by atoms with Crippen LogP contribution in [0.1, 0.15) is 18.4 Å². The third kappa shape index (κ3) is 3.42. The summed E-state index contributed by atoms with van der Waals surface area (Å²) in [7, 11) is 0. The molecule has 0 amide bonds. The van der Waals surface area contributed by atoms with Crippen molar-refractivity contribution in [3.63, 3.8) is 0 Å². The van der Waals surface area contributed by atoms with E-state index in [4.69, 9.17) is 5.26 Å². The van der Waals surface area contributed by atoms with Crippen LogP contribution in [-0.4, -0.2) is 36.0 Å². The Bertz CT molecular complexity index is 504. The van der Waals surface area contributed by atoms with Crippen molar-refractivity contribution >= 4 is 11.4 Å². The van der Waals surface area contributed by atoms with Gasteiger partial charge in [-0.05, 0) is 38.1 Å². The molecule has 0 atom stereocenters. The van der Waals surface area contributed by atoms with Gasteiger partial charge in [0, 0.05) is 19.2 Å². The number of nitrogens with zero attached hydrogens (tertiary/aromatic N) is 3. The first-order chi connectivity index (χ1) is 9.20. The van der Waals surface area contributed by atoms with E-state index in [9.17, 15) is 10.1 Å². The average molecular weight is 260 g/mol. The molecular weight excluding hydrogens is 244 g/mol. The zero-order chi connectivity index (χ0) is 13.7. The van der Waals surface area contributed by atoms with Crippen LogP contribution in [-0.2, 0) is 0 Å². The van der Waals surface area contributed by atoms with Crippen LogP contribution in [0.15, 0.2) is 18.2 Å². The SMILES string of the molecule is N#Cc1ccc([N+](=O)[O-])c(NCCN2CCCC2)c1. The zero-order valence-corrected chi connectivity index (χ0v) is 10.6. The fraction of sp³-hybridized carbons (Fsp3) is 0.462. The third-order valence-corrected chi connectivity index (χ3v) is 3.26. The smallest absolute Gasteiger partial charge is 0.292 e. The van der Waals surface area contributed by atoms with Gasteiger partial charge in [0.05, 0.1) is 16.6 Å². The maximum Gasteiger partial charge on any atom is 0.292 e. The molecule has 1 N–H and O–H groups in total. The molecule has 0 bridgehead atoms. The monoisotopic (exact) mass is 260 g/mol. The highest BCUT2D eigenvalue weighted by Gasteiger charge is 2.15. The van der Waals surface area contributed by atoms with Crippen molar-refractivity contribution in [1.82, 2.24) is 4.90 Å². The third-order valence-electron chi connectivity index (χ3n) is 3.26. The second-order valence-electron chi connectivity index (χ2n) is 4.58. The molecule has 0 saturated carbocycles. The molecule has 0 unspecified atom stereocenters. The number of hydrogen-bond donors (Lipinski definition) is 1. The summed E-state index contributed by atoms with van der Waals surface area (Å²) in [6.07, 6.45) is 2.45. The lowest BCUT2D eigenvalue weighted by Gasteiger charge is -2.15. The number of nitro groups is 1. The van der Waals surface area contributed by atoms with Crippen molar-refractivity contribution < 1.29 is 4.92 Å². The van der Waals surface area contributed by atoms with Crippen LogP contribution in [0, 0.1) is 21.4 Å². The average Bonchev–Trinajstić information content (AvgIpc) is 2.91. The molecular formula is C13H16N4O2. The lowest BCUT2D eigenvalue weighted by atomic mass is 10.2. The molecule has 1 heterocycles. The Morgan fingerprint density at radius 3 is 2.79 bits per heavy atom. The van der Waals surface area contributed by atoms with E-state index in [2.05, 4.69) is 10.2 Å². The highest BCUT2D eigenvalue weighted by molar-refractivity contribution is 5.64. The Morgan fingerprint density at radius 2 is 2.16 bits per heavy atom. The Kier molecular flexibility index (Phi) is 4.31. The van der Waals surface area contributed by atoms with Gasteiger partial charge in [0.2, 0.25) is 0 Å². The van der Waals surface area contributed by atoms with E-state index >= 15 is 0 Å². The number of rotatable bonds is 5. The number of anilines is 1. The summed E-state index contributed by atoms with van der Waals surface area (Å²) < 4.78 is 0. The minimum atomic E-state index is -0.431. The summed E-state index contributed by atoms with van der Waals surface area (Å²) in [6, 6.07) is 6.36. The predicted molar refractivity (Wildman–Crippen MR) is 72.0 cm³/mol. The fourth-order valence-electron chi connectivity index (χ4n) is 2.26. The van der Waals surface area contributed by atoms with Crippen molar-refractivity contribution in [1.29, 1.82) is 5.26 Å². The fourth-order valence-corrected chi connectivity index (χ4v) is 2.26. The highest BCUT2D eigenvalue weighted by atomic mass is 16.6. The molecule has 6 nitrogen and oxygen atoms in total. The van der Waals surface area contributed by atoms with Gasteiger partial charge in [-0.3, -0.25) is 10.1 Å². The highest BCUT2D eigenvalue weighted by Crippen LogP contribution is 2.25. The molecule has 1 aromatic carbocycles. The van der Waals surface area contributed by atoms with Crippen LogP contribution in [0.3, 0.4) is 0 Å². The second-order valence-corrected chi connectivity index (χ2v) is 4.58. The summed E-state index contributed by atoms with van der Waals surface area (Å²) in [4.78, 5) is 12.8. The maximum atomic E-state index is 10.9. The molecule has 0 aliphatic carbocycles. The predicted octanol–water partition coefficient (Wildman–Crippen LogP) is 1.97. The van der Waals surface area contributed by atoms with Gasteiger partial charge in [0.1, 0.15) is 5.69 Å². The van der Waals surface area contributed by atoms with E-state index in [1.165, 1.54) is 31.0 Å². The van der Waals surface area contributed by atoms with Gasteiger partial charge in [0.25, 0.3) is 5.69 Å².